The maximum atomic E-state index is 12.8. The third-order valence-corrected chi connectivity index (χ3v) is 6.61. The molecule has 4 unspecified atom stereocenters. The second kappa shape index (κ2) is 9.54. The fourth-order valence-corrected chi connectivity index (χ4v) is 4.90. The summed E-state index contributed by atoms with van der Waals surface area (Å²) in [6, 6.07) is 10.1. The molecule has 4 rings (SSSR count). The van der Waals surface area contributed by atoms with Crippen molar-refractivity contribution in [3.05, 3.63) is 48.0 Å². The molecule has 1 saturated heterocycles. The molecule has 8 heteroatoms. The summed E-state index contributed by atoms with van der Waals surface area (Å²) in [5.74, 6) is 0.391. The molecule has 2 bridgehead atoms. The van der Waals surface area contributed by atoms with Gasteiger partial charge in [0.15, 0.2) is 5.96 Å². The van der Waals surface area contributed by atoms with Gasteiger partial charge < -0.3 is 15.5 Å². The van der Waals surface area contributed by atoms with Crippen LogP contribution in [-0.4, -0.2) is 73.8 Å². The molecule has 8 nitrogen and oxygen atoms in total. The smallest absolute Gasteiger partial charge is 0.243 e. The second-order valence-corrected chi connectivity index (χ2v) is 8.87. The Morgan fingerprint density at radius 3 is 2.28 bits per heavy atom. The molecule has 3 aliphatic rings. The van der Waals surface area contributed by atoms with Crippen LogP contribution in [0.2, 0.25) is 0 Å². The number of likely N-dealkylation sites (tertiary alicyclic amines) is 1. The molecule has 1 heterocycles. The Morgan fingerprint density at radius 1 is 1.03 bits per heavy atom. The van der Waals surface area contributed by atoms with E-state index in [2.05, 4.69) is 39.9 Å². The van der Waals surface area contributed by atoms with Gasteiger partial charge in [0.2, 0.25) is 17.7 Å². The van der Waals surface area contributed by atoms with Gasteiger partial charge in [-0.15, -0.1) is 0 Å². The van der Waals surface area contributed by atoms with Crippen molar-refractivity contribution in [2.75, 3.05) is 40.3 Å². The number of fused-ring (bicyclic) bond motifs is 5. The number of aliphatic imine (C=N–C) groups is 1. The number of imide groups is 1. The first-order chi connectivity index (χ1) is 15.5. The van der Waals surface area contributed by atoms with Crippen molar-refractivity contribution in [2.45, 2.75) is 12.8 Å². The van der Waals surface area contributed by atoms with Crippen LogP contribution < -0.4 is 10.6 Å². The number of hydrogen-bond donors (Lipinski definition) is 2. The van der Waals surface area contributed by atoms with Gasteiger partial charge in [0.05, 0.1) is 11.8 Å². The second-order valence-electron chi connectivity index (χ2n) is 8.87. The van der Waals surface area contributed by atoms with Gasteiger partial charge in [0, 0.05) is 33.7 Å². The zero-order valence-electron chi connectivity index (χ0n) is 18.7. The molecule has 170 valence electrons. The predicted molar refractivity (Wildman–Crippen MR) is 122 cm³/mol. The molecule has 1 aromatic rings. The van der Waals surface area contributed by atoms with Crippen molar-refractivity contribution < 1.29 is 14.4 Å². The standard InChI is InChI=1S/C24H31N5O3/c1-28(2)19(30)15-27-24(25-11-10-16-6-4-3-5-7-16)26-12-13-29-22(31)20-17-8-9-18(14-17)21(20)23(29)32/h3-9,17-18,20-21H,10-15H2,1-2H3,(H2,25,26,27). The number of rotatable bonds is 8. The van der Waals surface area contributed by atoms with Gasteiger partial charge in [-0.3, -0.25) is 19.3 Å². The van der Waals surface area contributed by atoms with Crippen LogP contribution in [0.1, 0.15) is 12.0 Å². The summed E-state index contributed by atoms with van der Waals surface area (Å²) in [4.78, 5) is 44.9. The number of hydrogen-bond acceptors (Lipinski definition) is 4. The summed E-state index contributed by atoms with van der Waals surface area (Å²) in [6.07, 6.45) is 5.94. The highest BCUT2D eigenvalue weighted by Gasteiger charge is 2.58. The third kappa shape index (κ3) is 4.54. The summed E-state index contributed by atoms with van der Waals surface area (Å²) in [6.45, 7) is 1.35. The van der Waals surface area contributed by atoms with E-state index in [4.69, 9.17) is 0 Å². The molecular formula is C24H31N5O3. The van der Waals surface area contributed by atoms with E-state index in [1.165, 1.54) is 15.4 Å². The zero-order valence-corrected chi connectivity index (χ0v) is 18.7. The number of nitrogens with one attached hydrogen (secondary N) is 2. The number of allylic oxidation sites excluding steroid dienone is 2. The number of carbonyl (C=O) groups excluding carboxylic acids is 3. The Kier molecular flexibility index (Phi) is 6.58. The van der Waals surface area contributed by atoms with E-state index in [0.717, 1.165) is 12.8 Å². The van der Waals surface area contributed by atoms with Gasteiger partial charge in [-0.05, 0) is 30.2 Å². The number of benzene rings is 1. The van der Waals surface area contributed by atoms with Crippen LogP contribution in [0, 0.1) is 23.7 Å². The lowest BCUT2D eigenvalue weighted by molar-refractivity contribution is -0.140. The van der Waals surface area contributed by atoms with Crippen LogP contribution in [0.3, 0.4) is 0 Å². The summed E-state index contributed by atoms with van der Waals surface area (Å²) < 4.78 is 0. The summed E-state index contributed by atoms with van der Waals surface area (Å²) >= 11 is 0. The van der Waals surface area contributed by atoms with Gasteiger partial charge in [-0.1, -0.05) is 42.5 Å². The highest BCUT2D eigenvalue weighted by molar-refractivity contribution is 6.06. The lowest BCUT2D eigenvalue weighted by Crippen LogP contribution is -2.44. The van der Waals surface area contributed by atoms with E-state index in [-0.39, 0.29) is 47.9 Å². The normalized spacial score (nSPS) is 25.9. The van der Waals surface area contributed by atoms with Gasteiger partial charge in [-0.2, -0.15) is 0 Å². The van der Waals surface area contributed by atoms with E-state index in [0.29, 0.717) is 25.6 Å². The quantitative estimate of drug-likeness (QED) is 0.270. The van der Waals surface area contributed by atoms with Gasteiger partial charge in [0.1, 0.15) is 6.54 Å². The van der Waals surface area contributed by atoms with E-state index in [9.17, 15) is 14.4 Å². The van der Waals surface area contributed by atoms with E-state index >= 15 is 0 Å². The first-order valence-corrected chi connectivity index (χ1v) is 11.3. The lowest BCUT2D eigenvalue weighted by atomic mass is 9.85. The minimum absolute atomic E-state index is 0.0222. The molecule has 1 aromatic carbocycles. The Bertz CT molecular complexity index is 897. The van der Waals surface area contributed by atoms with Crippen LogP contribution in [0.25, 0.3) is 0 Å². The van der Waals surface area contributed by atoms with E-state index in [1.54, 1.807) is 14.1 Å². The van der Waals surface area contributed by atoms with Crippen LogP contribution >= 0.6 is 0 Å². The monoisotopic (exact) mass is 437 g/mol. The third-order valence-electron chi connectivity index (χ3n) is 6.61. The molecule has 2 fully saturated rings. The average Bonchev–Trinajstić information content (AvgIpc) is 3.47. The average molecular weight is 438 g/mol. The lowest BCUT2D eigenvalue weighted by Gasteiger charge is -2.19. The van der Waals surface area contributed by atoms with Crippen molar-refractivity contribution in [1.29, 1.82) is 0 Å². The SMILES string of the molecule is CN(C)C(=O)CN=C(NCCc1ccccc1)NCCN1C(=O)C2C3C=CC(C3)C2C1=O. The minimum atomic E-state index is -0.174. The summed E-state index contributed by atoms with van der Waals surface area (Å²) in [5, 5.41) is 6.42. The molecule has 1 aliphatic heterocycles. The molecule has 1 saturated carbocycles. The predicted octanol–water partition coefficient (Wildman–Crippen LogP) is 0.660. The fourth-order valence-electron chi connectivity index (χ4n) is 4.90. The minimum Gasteiger partial charge on any atom is -0.356 e. The maximum Gasteiger partial charge on any atom is 0.243 e. The van der Waals surface area contributed by atoms with E-state index < -0.39 is 0 Å². The van der Waals surface area contributed by atoms with E-state index in [1.807, 2.05) is 18.2 Å². The number of likely N-dealkylation sites (N-methyl/N-ethyl adjacent to an activating group) is 1. The van der Waals surface area contributed by atoms with Crippen molar-refractivity contribution in [3.8, 4) is 0 Å². The van der Waals surface area contributed by atoms with Gasteiger partial charge in [-0.25, -0.2) is 4.99 Å². The van der Waals surface area contributed by atoms with Crippen LogP contribution in [0.5, 0.6) is 0 Å². The van der Waals surface area contributed by atoms with Crippen molar-refractivity contribution in [1.82, 2.24) is 20.4 Å². The molecule has 0 spiro atoms. The van der Waals surface area contributed by atoms with Crippen LogP contribution in [-0.2, 0) is 20.8 Å². The molecular weight excluding hydrogens is 406 g/mol. The Hall–Kier alpha value is -3.16. The van der Waals surface area contributed by atoms with Crippen molar-refractivity contribution in [3.63, 3.8) is 0 Å². The zero-order chi connectivity index (χ0) is 22.7. The van der Waals surface area contributed by atoms with Crippen molar-refractivity contribution >= 4 is 23.7 Å². The summed E-state index contributed by atoms with van der Waals surface area (Å²) in [5.41, 5.74) is 1.20. The molecule has 3 amide bonds. The van der Waals surface area contributed by atoms with Crippen LogP contribution in [0.4, 0.5) is 0 Å². The van der Waals surface area contributed by atoms with Crippen LogP contribution in [0.15, 0.2) is 47.5 Å². The first kappa shape index (κ1) is 22.0. The molecule has 2 N–H and O–H groups in total. The maximum absolute atomic E-state index is 12.8. The number of carbonyl (C=O) groups is 3. The van der Waals surface area contributed by atoms with Gasteiger partial charge >= 0.3 is 0 Å². The molecule has 2 aliphatic carbocycles. The van der Waals surface area contributed by atoms with Crippen molar-refractivity contribution in [2.24, 2.45) is 28.7 Å². The highest BCUT2D eigenvalue weighted by Crippen LogP contribution is 2.52. The topological polar surface area (TPSA) is 94.1 Å². The Labute approximate surface area is 188 Å². The molecule has 32 heavy (non-hydrogen) atoms. The first-order valence-electron chi connectivity index (χ1n) is 11.3. The number of guanidine groups is 1. The van der Waals surface area contributed by atoms with Gasteiger partial charge in [0.25, 0.3) is 0 Å². The molecule has 4 atom stereocenters. The Morgan fingerprint density at radius 2 is 1.66 bits per heavy atom. The molecule has 0 aromatic heterocycles. The summed E-state index contributed by atoms with van der Waals surface area (Å²) in [7, 11) is 3.38. The Balaban J connectivity index is 1.31. The highest BCUT2D eigenvalue weighted by atomic mass is 16.2. The fraction of sp³-hybridized carbons (Fsp3) is 0.500. The largest absolute Gasteiger partial charge is 0.356 e. The molecule has 0 radical (unpaired) electrons. The number of nitrogens with zero attached hydrogens (tertiary/aromatic N) is 3. The number of amides is 3.